The fourth-order valence-electron chi connectivity index (χ4n) is 3.00. The highest BCUT2D eigenvalue weighted by Gasteiger charge is 2.11. The largest absolute Gasteiger partial charge is 0.325 e. The van der Waals surface area contributed by atoms with E-state index in [1.54, 1.807) is 29.5 Å². The van der Waals surface area contributed by atoms with Crippen molar-refractivity contribution in [2.24, 2.45) is 0 Å². The minimum atomic E-state index is -0.167. The van der Waals surface area contributed by atoms with Gasteiger partial charge in [0, 0.05) is 23.9 Å². The summed E-state index contributed by atoms with van der Waals surface area (Å²) in [6.07, 6.45) is 1.66. The number of nitrogens with zero attached hydrogens (tertiary/aromatic N) is 3. The molecule has 140 valence electrons. The van der Waals surface area contributed by atoms with Crippen LogP contribution in [0.4, 0.5) is 5.69 Å². The first-order valence-electron chi connectivity index (χ1n) is 8.87. The summed E-state index contributed by atoms with van der Waals surface area (Å²) >= 11 is 1.57. The maximum Gasteiger partial charge on any atom is 0.261 e. The Bertz CT molecular complexity index is 1210. The lowest BCUT2D eigenvalue weighted by atomic mass is 10.1. The van der Waals surface area contributed by atoms with Crippen molar-refractivity contribution in [3.05, 3.63) is 75.6 Å². The van der Waals surface area contributed by atoms with Crippen molar-refractivity contribution in [1.29, 1.82) is 0 Å². The van der Waals surface area contributed by atoms with Gasteiger partial charge in [-0.15, -0.1) is 11.3 Å². The second kappa shape index (κ2) is 7.74. The Morgan fingerprint density at radius 2 is 1.93 bits per heavy atom. The van der Waals surface area contributed by atoms with Gasteiger partial charge in [0.15, 0.2) is 0 Å². The van der Waals surface area contributed by atoms with Crippen LogP contribution in [-0.4, -0.2) is 20.4 Å². The average Bonchev–Trinajstić information content (AvgIpc) is 3.14. The molecule has 0 atom stereocenters. The number of rotatable bonds is 5. The molecule has 7 heteroatoms. The summed E-state index contributed by atoms with van der Waals surface area (Å²) in [7, 11) is 0. The van der Waals surface area contributed by atoms with Crippen molar-refractivity contribution >= 4 is 33.8 Å². The monoisotopic (exact) mass is 390 g/mol. The van der Waals surface area contributed by atoms with E-state index >= 15 is 0 Å². The van der Waals surface area contributed by atoms with Crippen LogP contribution >= 0.6 is 11.3 Å². The number of anilines is 1. The number of amides is 1. The number of para-hydroxylation sites is 2. The Morgan fingerprint density at radius 1 is 1.14 bits per heavy atom. The summed E-state index contributed by atoms with van der Waals surface area (Å²) in [5, 5.41) is 6.43. The van der Waals surface area contributed by atoms with E-state index in [-0.39, 0.29) is 24.4 Å². The average molecular weight is 390 g/mol. The summed E-state index contributed by atoms with van der Waals surface area (Å²) < 4.78 is 1.47. The highest BCUT2D eigenvalue weighted by atomic mass is 32.1. The maximum atomic E-state index is 12.5. The molecule has 2 heterocycles. The highest BCUT2D eigenvalue weighted by Crippen LogP contribution is 2.28. The number of aryl methyl sites for hydroxylation is 2. The van der Waals surface area contributed by atoms with E-state index in [0.717, 1.165) is 16.3 Å². The molecule has 0 aliphatic heterocycles. The van der Waals surface area contributed by atoms with Crippen molar-refractivity contribution in [3.8, 4) is 11.3 Å². The van der Waals surface area contributed by atoms with E-state index in [0.29, 0.717) is 16.6 Å². The first-order chi connectivity index (χ1) is 13.6. The Hall–Kier alpha value is -3.32. The van der Waals surface area contributed by atoms with Crippen LogP contribution in [0.15, 0.2) is 65.0 Å². The summed E-state index contributed by atoms with van der Waals surface area (Å²) in [5.41, 5.74) is 2.94. The number of carbonyl (C=O) groups is 1. The Kier molecular flexibility index (Phi) is 4.99. The molecule has 4 aromatic rings. The summed E-state index contributed by atoms with van der Waals surface area (Å²) in [6, 6.07) is 14.8. The van der Waals surface area contributed by atoms with Gasteiger partial charge in [-0.25, -0.2) is 9.97 Å². The van der Waals surface area contributed by atoms with Gasteiger partial charge in [0.25, 0.3) is 5.56 Å². The number of carbonyl (C=O) groups excluding carboxylic acids is 1. The minimum absolute atomic E-state index is 0.142. The van der Waals surface area contributed by atoms with Gasteiger partial charge in [-0.05, 0) is 25.1 Å². The van der Waals surface area contributed by atoms with Crippen LogP contribution in [0, 0.1) is 6.92 Å². The van der Waals surface area contributed by atoms with Gasteiger partial charge in [-0.1, -0.05) is 30.3 Å². The second-order valence-corrected chi connectivity index (χ2v) is 7.42. The number of thiazole rings is 1. The van der Waals surface area contributed by atoms with Crippen LogP contribution in [0.5, 0.6) is 0 Å². The third-order valence-corrected chi connectivity index (χ3v) is 5.18. The molecule has 0 saturated heterocycles. The predicted octanol–water partition coefficient (Wildman–Crippen LogP) is 3.86. The van der Waals surface area contributed by atoms with Crippen molar-refractivity contribution in [3.63, 3.8) is 0 Å². The first kappa shape index (κ1) is 18.1. The van der Waals surface area contributed by atoms with Gasteiger partial charge in [-0.2, -0.15) is 0 Å². The van der Waals surface area contributed by atoms with Crippen molar-refractivity contribution in [1.82, 2.24) is 14.5 Å². The van der Waals surface area contributed by atoms with Crippen molar-refractivity contribution < 1.29 is 4.79 Å². The fraction of sp³-hybridized carbons (Fsp3) is 0.143. The molecular weight excluding hydrogens is 372 g/mol. The molecule has 1 amide bonds. The normalized spacial score (nSPS) is 10.9. The Morgan fingerprint density at radius 3 is 2.75 bits per heavy atom. The highest BCUT2D eigenvalue weighted by molar-refractivity contribution is 7.09. The summed E-state index contributed by atoms with van der Waals surface area (Å²) in [6.45, 7) is 2.21. The van der Waals surface area contributed by atoms with Gasteiger partial charge in [-0.3, -0.25) is 14.2 Å². The van der Waals surface area contributed by atoms with Crippen molar-refractivity contribution in [2.75, 3.05) is 5.32 Å². The summed E-state index contributed by atoms with van der Waals surface area (Å²) in [4.78, 5) is 33.8. The molecule has 28 heavy (non-hydrogen) atoms. The molecule has 6 nitrogen and oxygen atoms in total. The van der Waals surface area contributed by atoms with Gasteiger partial charge in [0.1, 0.15) is 0 Å². The summed E-state index contributed by atoms with van der Waals surface area (Å²) in [5.74, 6) is -0.167. The van der Waals surface area contributed by atoms with Gasteiger partial charge >= 0.3 is 0 Å². The third kappa shape index (κ3) is 3.70. The van der Waals surface area contributed by atoms with Crippen LogP contribution in [0.25, 0.3) is 22.2 Å². The standard InChI is InChI=1S/C21H18N4O2S/c1-14-23-19(12-28-14)15-6-2-5-9-18(15)24-20(26)10-11-25-13-22-17-8-4-3-7-16(17)21(25)27/h2-9,12-13H,10-11H2,1H3,(H,24,26). The first-order valence-corrected chi connectivity index (χ1v) is 9.75. The molecule has 0 saturated carbocycles. The molecule has 0 unspecified atom stereocenters. The number of hydrogen-bond donors (Lipinski definition) is 1. The minimum Gasteiger partial charge on any atom is -0.325 e. The molecule has 0 spiro atoms. The SMILES string of the molecule is Cc1nc(-c2ccccc2NC(=O)CCn2cnc3ccccc3c2=O)cs1. The molecule has 0 radical (unpaired) electrons. The Labute approximate surface area is 165 Å². The molecule has 4 rings (SSSR count). The van der Waals surface area contributed by atoms with Crippen LogP contribution in [0.2, 0.25) is 0 Å². The number of fused-ring (bicyclic) bond motifs is 1. The molecule has 2 aromatic heterocycles. The van der Waals surface area contributed by atoms with E-state index in [1.165, 1.54) is 10.9 Å². The lowest BCUT2D eigenvalue weighted by molar-refractivity contribution is -0.116. The number of hydrogen-bond acceptors (Lipinski definition) is 5. The van der Waals surface area contributed by atoms with Crippen LogP contribution in [0.1, 0.15) is 11.4 Å². The number of benzene rings is 2. The molecule has 0 fully saturated rings. The molecule has 1 N–H and O–H groups in total. The quantitative estimate of drug-likeness (QED) is 0.561. The van der Waals surface area contributed by atoms with E-state index in [4.69, 9.17) is 0 Å². The molecule has 2 aromatic carbocycles. The molecule has 0 aliphatic rings. The van der Waals surface area contributed by atoms with Crippen LogP contribution in [0.3, 0.4) is 0 Å². The number of aromatic nitrogens is 3. The lowest BCUT2D eigenvalue weighted by Crippen LogP contribution is -2.23. The van der Waals surface area contributed by atoms with E-state index in [1.807, 2.05) is 42.6 Å². The van der Waals surface area contributed by atoms with Crippen LogP contribution < -0.4 is 10.9 Å². The molecular formula is C21H18N4O2S. The molecule has 0 aliphatic carbocycles. The number of nitrogens with one attached hydrogen (secondary N) is 1. The van der Waals surface area contributed by atoms with Gasteiger partial charge in [0.2, 0.25) is 5.91 Å². The van der Waals surface area contributed by atoms with E-state index < -0.39 is 0 Å². The zero-order valence-electron chi connectivity index (χ0n) is 15.3. The third-order valence-electron chi connectivity index (χ3n) is 4.41. The molecule has 0 bridgehead atoms. The van der Waals surface area contributed by atoms with E-state index in [9.17, 15) is 9.59 Å². The lowest BCUT2D eigenvalue weighted by Gasteiger charge is -2.10. The fourth-order valence-corrected chi connectivity index (χ4v) is 3.62. The zero-order chi connectivity index (χ0) is 19.5. The smallest absolute Gasteiger partial charge is 0.261 e. The van der Waals surface area contributed by atoms with Gasteiger partial charge in [0.05, 0.1) is 33.6 Å². The second-order valence-electron chi connectivity index (χ2n) is 6.36. The Balaban J connectivity index is 1.49. The topological polar surface area (TPSA) is 76.9 Å². The predicted molar refractivity (Wildman–Crippen MR) is 112 cm³/mol. The van der Waals surface area contributed by atoms with Crippen molar-refractivity contribution in [2.45, 2.75) is 19.9 Å². The zero-order valence-corrected chi connectivity index (χ0v) is 16.1. The maximum absolute atomic E-state index is 12.5. The van der Waals surface area contributed by atoms with Gasteiger partial charge < -0.3 is 5.32 Å². The van der Waals surface area contributed by atoms with E-state index in [2.05, 4.69) is 15.3 Å². The van der Waals surface area contributed by atoms with Crippen LogP contribution in [-0.2, 0) is 11.3 Å².